The van der Waals surface area contributed by atoms with Gasteiger partial charge in [-0.2, -0.15) is 0 Å². The summed E-state index contributed by atoms with van der Waals surface area (Å²) in [5.74, 6) is -2.37. The molecule has 9 nitrogen and oxygen atoms in total. The highest BCUT2D eigenvalue weighted by molar-refractivity contribution is 8.01. The van der Waals surface area contributed by atoms with E-state index in [4.69, 9.17) is 9.47 Å². The maximum atomic E-state index is 12.8. The molecule has 2 amide bonds. The molecule has 0 bridgehead atoms. The maximum Gasteiger partial charge on any atom is 0.327 e. The smallest absolute Gasteiger partial charge is 0.327 e. The average Bonchev–Trinajstić information content (AvgIpc) is 2.90. The van der Waals surface area contributed by atoms with Crippen LogP contribution in [-0.2, 0) is 9.59 Å². The van der Waals surface area contributed by atoms with E-state index in [9.17, 15) is 24.6 Å². The normalized spacial score (nSPS) is 28.2. The van der Waals surface area contributed by atoms with Crippen molar-refractivity contribution in [2.24, 2.45) is 0 Å². The van der Waals surface area contributed by atoms with Crippen molar-refractivity contribution < 1.29 is 34.1 Å². The third kappa shape index (κ3) is 2.71. The lowest BCUT2D eigenvalue weighted by Gasteiger charge is -2.49. The van der Waals surface area contributed by atoms with Gasteiger partial charge >= 0.3 is 5.97 Å². The first kappa shape index (κ1) is 19.3. The Kier molecular flexibility index (Phi) is 4.51. The monoisotopic (exact) mass is 396 g/mol. The number of nitrogens with one attached hydrogen (secondary N) is 1. The van der Waals surface area contributed by atoms with Gasteiger partial charge in [-0.25, -0.2) is 4.79 Å². The molecular formula is C17H20N2O7S. The number of hydrogen-bond acceptors (Lipinski definition) is 7. The van der Waals surface area contributed by atoms with Crippen molar-refractivity contribution in [3.05, 3.63) is 23.8 Å². The van der Waals surface area contributed by atoms with Crippen LogP contribution in [0.25, 0.3) is 0 Å². The zero-order valence-electron chi connectivity index (χ0n) is 15.2. The number of amides is 2. The summed E-state index contributed by atoms with van der Waals surface area (Å²) >= 11 is 1.12. The number of aliphatic hydroxyl groups is 1. The van der Waals surface area contributed by atoms with Crippen LogP contribution < -0.4 is 14.8 Å². The van der Waals surface area contributed by atoms with E-state index in [-0.39, 0.29) is 17.1 Å². The molecule has 1 aromatic carbocycles. The van der Waals surface area contributed by atoms with Crippen LogP contribution in [0.1, 0.15) is 24.2 Å². The minimum atomic E-state index is -2.21. The van der Waals surface area contributed by atoms with Crippen LogP contribution in [0, 0.1) is 0 Å². The zero-order chi connectivity index (χ0) is 20.1. The van der Waals surface area contributed by atoms with E-state index in [1.807, 2.05) is 0 Å². The van der Waals surface area contributed by atoms with Crippen LogP contribution >= 0.6 is 11.8 Å². The van der Waals surface area contributed by atoms with Gasteiger partial charge in [-0.15, -0.1) is 11.8 Å². The molecule has 2 fully saturated rings. The topological polar surface area (TPSA) is 125 Å². The van der Waals surface area contributed by atoms with Gasteiger partial charge in [-0.3, -0.25) is 9.59 Å². The van der Waals surface area contributed by atoms with Crippen molar-refractivity contribution in [2.75, 3.05) is 14.2 Å². The first-order chi connectivity index (χ1) is 12.6. The number of β-lactam (4-membered cyclic amide) rings is 1. The molecule has 10 heteroatoms. The molecule has 2 saturated heterocycles. The fourth-order valence-corrected chi connectivity index (χ4v) is 5.05. The molecule has 0 aromatic heterocycles. The first-order valence-electron chi connectivity index (χ1n) is 8.07. The van der Waals surface area contributed by atoms with E-state index in [0.29, 0.717) is 0 Å². The Bertz CT molecular complexity index is 805. The molecule has 0 unspecified atom stereocenters. The second-order valence-corrected chi connectivity index (χ2v) is 8.52. The molecule has 2 aliphatic heterocycles. The molecule has 2 heterocycles. The van der Waals surface area contributed by atoms with Gasteiger partial charge in [-0.1, -0.05) is 6.07 Å². The van der Waals surface area contributed by atoms with Gasteiger partial charge in [0.25, 0.3) is 11.8 Å². The van der Waals surface area contributed by atoms with Gasteiger partial charge in [0.1, 0.15) is 28.5 Å². The number of fused-ring (bicyclic) bond motifs is 1. The second kappa shape index (κ2) is 6.31. The SMILES string of the molecule is COc1cccc(OC)c1C(=O)N[C@@]1(O)C(=O)N2[C@@H](C(=O)O)C(C)(C)S[C@@H]21. The molecule has 1 aromatic rings. The van der Waals surface area contributed by atoms with E-state index in [2.05, 4.69) is 5.32 Å². The summed E-state index contributed by atoms with van der Waals surface area (Å²) in [6, 6.07) is 3.62. The predicted octanol–water partition coefficient (Wildman–Crippen LogP) is 0.269. The minimum absolute atomic E-state index is 0.0271. The lowest BCUT2D eigenvalue weighted by Crippen LogP contribution is -2.79. The largest absolute Gasteiger partial charge is 0.496 e. The summed E-state index contributed by atoms with van der Waals surface area (Å²) in [7, 11) is 2.76. The predicted molar refractivity (Wildman–Crippen MR) is 95.7 cm³/mol. The number of aliphatic carboxylic acids is 1. The van der Waals surface area contributed by atoms with E-state index in [0.717, 1.165) is 16.7 Å². The second-order valence-electron chi connectivity index (χ2n) is 6.78. The maximum absolute atomic E-state index is 12.8. The number of hydrogen-bond donors (Lipinski definition) is 3. The van der Waals surface area contributed by atoms with E-state index in [1.165, 1.54) is 14.2 Å². The lowest BCUT2D eigenvalue weighted by atomic mass is 9.93. The van der Waals surface area contributed by atoms with Gasteiger partial charge in [-0.05, 0) is 26.0 Å². The molecule has 146 valence electrons. The Morgan fingerprint density at radius 2 is 1.78 bits per heavy atom. The molecule has 0 radical (unpaired) electrons. The van der Waals surface area contributed by atoms with Gasteiger partial charge in [0, 0.05) is 4.75 Å². The number of carbonyl (C=O) groups is 3. The number of rotatable bonds is 5. The molecule has 0 saturated carbocycles. The average molecular weight is 396 g/mol. The number of ether oxygens (including phenoxy) is 2. The molecule has 3 N–H and O–H groups in total. The van der Waals surface area contributed by atoms with E-state index >= 15 is 0 Å². The fourth-order valence-electron chi connectivity index (χ4n) is 3.47. The van der Waals surface area contributed by atoms with E-state index < -0.39 is 39.7 Å². The Morgan fingerprint density at radius 3 is 2.26 bits per heavy atom. The van der Waals surface area contributed by atoms with E-state index in [1.54, 1.807) is 32.0 Å². The van der Waals surface area contributed by atoms with Crippen LogP contribution in [0.4, 0.5) is 0 Å². The van der Waals surface area contributed by atoms with Gasteiger partial charge < -0.3 is 29.9 Å². The molecular weight excluding hydrogens is 376 g/mol. The Hall–Kier alpha value is -2.46. The summed E-state index contributed by atoms with van der Waals surface area (Å²) < 4.78 is 9.51. The summed E-state index contributed by atoms with van der Waals surface area (Å²) in [5, 5.41) is 21.7. The van der Waals surface area contributed by atoms with Crippen molar-refractivity contribution in [1.82, 2.24) is 10.2 Å². The number of methoxy groups -OCH3 is 2. The van der Waals surface area contributed by atoms with Crippen LogP contribution in [-0.4, -0.2) is 69.0 Å². The Balaban J connectivity index is 1.91. The third-order valence-electron chi connectivity index (χ3n) is 4.72. The first-order valence-corrected chi connectivity index (χ1v) is 8.95. The summed E-state index contributed by atoms with van der Waals surface area (Å²) in [6.45, 7) is 3.35. The van der Waals surface area contributed by atoms with Crippen LogP contribution in [0.15, 0.2) is 18.2 Å². The minimum Gasteiger partial charge on any atom is -0.496 e. The molecule has 27 heavy (non-hydrogen) atoms. The molecule has 3 atom stereocenters. The zero-order valence-corrected chi connectivity index (χ0v) is 16.0. The lowest BCUT2D eigenvalue weighted by molar-refractivity contribution is -0.191. The molecule has 3 rings (SSSR count). The molecule has 0 aliphatic carbocycles. The van der Waals surface area contributed by atoms with Crippen LogP contribution in [0.5, 0.6) is 11.5 Å². The number of carboxylic acids is 1. The third-order valence-corrected chi connectivity index (χ3v) is 6.34. The number of carboxylic acid groups (broad SMARTS) is 1. The molecule has 0 spiro atoms. The Labute approximate surface area is 159 Å². The highest BCUT2D eigenvalue weighted by Crippen LogP contribution is 2.54. The van der Waals surface area contributed by atoms with Crippen molar-refractivity contribution in [1.29, 1.82) is 0 Å². The number of thioether (sulfide) groups is 1. The number of nitrogens with zero attached hydrogens (tertiary/aromatic N) is 1. The highest BCUT2D eigenvalue weighted by Gasteiger charge is 2.72. The highest BCUT2D eigenvalue weighted by atomic mass is 32.2. The van der Waals surface area contributed by atoms with Crippen molar-refractivity contribution in [3.63, 3.8) is 0 Å². The van der Waals surface area contributed by atoms with Gasteiger partial charge in [0.05, 0.1) is 14.2 Å². The quantitative estimate of drug-likeness (QED) is 0.478. The van der Waals surface area contributed by atoms with Crippen molar-refractivity contribution in [3.8, 4) is 11.5 Å². The summed E-state index contributed by atoms with van der Waals surface area (Å²) in [4.78, 5) is 38.0. The van der Waals surface area contributed by atoms with Crippen molar-refractivity contribution >= 4 is 29.5 Å². The fraction of sp³-hybridized carbons (Fsp3) is 0.471. The number of benzene rings is 1. The van der Waals surface area contributed by atoms with Gasteiger partial charge in [0.15, 0.2) is 0 Å². The van der Waals surface area contributed by atoms with Crippen LogP contribution in [0.2, 0.25) is 0 Å². The standard InChI is InChI=1S/C17H20N2O7S/c1-16(2)11(13(21)22)19-14(23)17(24,15(19)27-16)18-12(20)10-8(25-3)6-5-7-9(10)26-4/h5-7,11,15,24H,1-4H3,(H,18,20)(H,21,22)/t11-,15+,17+/m0/s1. The van der Waals surface area contributed by atoms with Crippen LogP contribution in [0.3, 0.4) is 0 Å². The summed E-state index contributed by atoms with van der Waals surface area (Å²) in [5.41, 5.74) is -2.19. The molecule has 2 aliphatic rings. The Morgan fingerprint density at radius 1 is 1.22 bits per heavy atom. The number of carbonyl (C=O) groups excluding carboxylic acids is 2. The summed E-state index contributed by atoms with van der Waals surface area (Å²) in [6.07, 6.45) is 0. The van der Waals surface area contributed by atoms with Gasteiger partial charge in [0.2, 0.25) is 5.72 Å². The van der Waals surface area contributed by atoms with Crippen molar-refractivity contribution in [2.45, 2.75) is 35.7 Å².